The van der Waals surface area contributed by atoms with E-state index in [2.05, 4.69) is 10.3 Å². The molecule has 0 amide bonds. The van der Waals surface area contributed by atoms with Gasteiger partial charge in [0.15, 0.2) is 0 Å². The number of halogens is 2. The molecule has 0 bridgehead atoms. The number of hydrogen-bond donors (Lipinski definition) is 1. The van der Waals surface area contributed by atoms with Crippen molar-refractivity contribution in [3.05, 3.63) is 95.6 Å². The summed E-state index contributed by atoms with van der Waals surface area (Å²) in [5, 5.41) is 3.37. The average molecular weight is 358 g/mol. The minimum Gasteiger partial charge on any atom is -1.00 e. The summed E-state index contributed by atoms with van der Waals surface area (Å²) < 4.78 is 18.8. The van der Waals surface area contributed by atoms with Gasteiger partial charge in [-0.05, 0) is 35.9 Å². The van der Waals surface area contributed by atoms with E-state index in [9.17, 15) is 4.39 Å². The van der Waals surface area contributed by atoms with Gasteiger partial charge in [-0.1, -0.05) is 36.4 Å². The van der Waals surface area contributed by atoms with Crippen LogP contribution in [0.2, 0.25) is 0 Å². The highest BCUT2D eigenvalue weighted by molar-refractivity contribution is 5.33. The van der Waals surface area contributed by atoms with Gasteiger partial charge in [0.25, 0.3) is 0 Å². The second-order valence-corrected chi connectivity index (χ2v) is 5.45. The number of nitrogens with one attached hydrogen (secondary N) is 1. The number of nitrogens with zero attached hydrogens (tertiary/aromatic N) is 1. The Kier molecular flexibility index (Phi) is 7.38. The maximum absolute atomic E-state index is 12.9. The first-order valence-corrected chi connectivity index (χ1v) is 7.87. The van der Waals surface area contributed by atoms with E-state index >= 15 is 0 Å². The van der Waals surface area contributed by atoms with Crippen LogP contribution in [-0.4, -0.2) is 4.98 Å². The van der Waals surface area contributed by atoms with Crippen LogP contribution in [0.4, 0.5) is 4.39 Å². The van der Waals surface area contributed by atoms with Crippen molar-refractivity contribution in [1.29, 1.82) is 0 Å². The van der Waals surface area contributed by atoms with E-state index in [4.69, 9.17) is 4.74 Å². The molecule has 0 spiro atoms. The third kappa shape index (κ3) is 5.85. The van der Waals surface area contributed by atoms with Crippen LogP contribution in [0.25, 0.3) is 0 Å². The second kappa shape index (κ2) is 9.77. The van der Waals surface area contributed by atoms with E-state index in [0.717, 1.165) is 22.6 Å². The summed E-state index contributed by atoms with van der Waals surface area (Å²) in [5.74, 6) is 0.591. The SMILES string of the molecule is Fc1ccc(COc2ccccc2CNCc2ccccn2)cc1.[Cl-]. The summed E-state index contributed by atoms with van der Waals surface area (Å²) in [6.45, 7) is 1.81. The Hall–Kier alpha value is -2.43. The predicted octanol–water partition coefficient (Wildman–Crippen LogP) is 1.09. The number of pyridine rings is 1. The smallest absolute Gasteiger partial charge is 0.124 e. The van der Waals surface area contributed by atoms with E-state index < -0.39 is 0 Å². The van der Waals surface area contributed by atoms with Crippen molar-refractivity contribution in [3.63, 3.8) is 0 Å². The first-order valence-electron chi connectivity index (χ1n) is 7.87. The van der Waals surface area contributed by atoms with Crippen molar-refractivity contribution in [1.82, 2.24) is 10.3 Å². The summed E-state index contributed by atoms with van der Waals surface area (Å²) in [6, 6.07) is 20.1. The molecule has 0 fully saturated rings. The van der Waals surface area contributed by atoms with Crippen molar-refractivity contribution in [3.8, 4) is 5.75 Å². The minimum atomic E-state index is -0.238. The molecule has 0 unspecified atom stereocenters. The van der Waals surface area contributed by atoms with Crippen LogP contribution in [0.15, 0.2) is 72.9 Å². The first-order chi connectivity index (χ1) is 11.8. The van der Waals surface area contributed by atoms with Crippen molar-refractivity contribution in [2.75, 3.05) is 0 Å². The normalized spacial score (nSPS) is 10.1. The fourth-order valence-electron chi connectivity index (χ4n) is 2.36. The molecule has 3 nitrogen and oxygen atoms in total. The lowest BCUT2D eigenvalue weighted by molar-refractivity contribution is -0.00000587. The lowest BCUT2D eigenvalue weighted by Gasteiger charge is -2.12. The van der Waals surface area contributed by atoms with Gasteiger partial charge in [0.05, 0.1) is 5.69 Å². The molecular formula is C20H19ClFN2O-. The molecule has 130 valence electrons. The molecule has 2 aromatic carbocycles. The van der Waals surface area contributed by atoms with Gasteiger partial charge < -0.3 is 22.5 Å². The van der Waals surface area contributed by atoms with Crippen LogP contribution in [0.1, 0.15) is 16.8 Å². The monoisotopic (exact) mass is 357 g/mol. The Labute approximate surface area is 153 Å². The van der Waals surface area contributed by atoms with Crippen LogP contribution in [0.5, 0.6) is 5.75 Å². The molecule has 0 saturated carbocycles. The minimum absolute atomic E-state index is 0. The van der Waals surface area contributed by atoms with E-state index in [1.54, 1.807) is 18.3 Å². The molecule has 1 N–H and O–H groups in total. The lowest BCUT2D eigenvalue weighted by Crippen LogP contribution is -3.00. The quantitative estimate of drug-likeness (QED) is 0.687. The molecule has 1 heterocycles. The Morgan fingerprint density at radius 1 is 0.880 bits per heavy atom. The highest BCUT2D eigenvalue weighted by Crippen LogP contribution is 2.19. The molecule has 5 heteroatoms. The fourth-order valence-corrected chi connectivity index (χ4v) is 2.36. The first kappa shape index (κ1) is 18.9. The van der Waals surface area contributed by atoms with Gasteiger partial charge >= 0.3 is 0 Å². The third-order valence-corrected chi connectivity index (χ3v) is 3.63. The molecule has 25 heavy (non-hydrogen) atoms. The Balaban J connectivity index is 0.00000225. The van der Waals surface area contributed by atoms with Crippen LogP contribution >= 0.6 is 0 Å². The maximum Gasteiger partial charge on any atom is 0.124 e. The van der Waals surface area contributed by atoms with Crippen molar-refractivity contribution < 1.29 is 21.5 Å². The molecule has 3 rings (SSSR count). The molecule has 3 aromatic rings. The molecular weight excluding hydrogens is 339 g/mol. The number of hydrogen-bond acceptors (Lipinski definition) is 3. The van der Waals surface area contributed by atoms with Gasteiger partial charge in [0.1, 0.15) is 18.2 Å². The van der Waals surface area contributed by atoms with Gasteiger partial charge in [0, 0.05) is 24.8 Å². The Bertz CT molecular complexity index is 766. The maximum atomic E-state index is 12.9. The molecule has 0 aliphatic rings. The highest BCUT2D eigenvalue weighted by atomic mass is 35.5. The summed E-state index contributed by atoms with van der Waals surface area (Å²) in [7, 11) is 0. The third-order valence-electron chi connectivity index (χ3n) is 3.63. The van der Waals surface area contributed by atoms with Crippen LogP contribution < -0.4 is 22.5 Å². The fraction of sp³-hybridized carbons (Fsp3) is 0.150. The van der Waals surface area contributed by atoms with E-state index in [0.29, 0.717) is 19.7 Å². The van der Waals surface area contributed by atoms with Crippen molar-refractivity contribution >= 4 is 0 Å². The average Bonchev–Trinajstić information content (AvgIpc) is 2.63. The van der Waals surface area contributed by atoms with Gasteiger partial charge in [-0.25, -0.2) is 4.39 Å². The van der Waals surface area contributed by atoms with Gasteiger partial charge in [-0.3, -0.25) is 4.98 Å². The van der Waals surface area contributed by atoms with E-state index in [1.807, 2.05) is 42.5 Å². The predicted molar refractivity (Wildman–Crippen MR) is 92.0 cm³/mol. The second-order valence-electron chi connectivity index (χ2n) is 5.45. The van der Waals surface area contributed by atoms with Crippen LogP contribution in [-0.2, 0) is 19.7 Å². The zero-order valence-corrected chi connectivity index (χ0v) is 14.4. The zero-order valence-electron chi connectivity index (χ0n) is 13.7. The van der Waals surface area contributed by atoms with Gasteiger partial charge in [-0.15, -0.1) is 0 Å². The van der Waals surface area contributed by atoms with Crippen molar-refractivity contribution in [2.24, 2.45) is 0 Å². The summed E-state index contributed by atoms with van der Waals surface area (Å²) in [6.07, 6.45) is 1.79. The topological polar surface area (TPSA) is 34.1 Å². The standard InChI is InChI=1S/C20H19FN2O.ClH/c21-18-10-8-16(9-11-18)15-24-20-7-2-1-5-17(20)13-22-14-19-6-3-4-12-23-19;/h1-12,22H,13-15H2;1H/p-1. The number of rotatable bonds is 7. The molecule has 0 atom stereocenters. The molecule has 0 aliphatic heterocycles. The van der Waals surface area contributed by atoms with Crippen molar-refractivity contribution in [2.45, 2.75) is 19.7 Å². The zero-order chi connectivity index (χ0) is 16.6. The molecule has 1 aromatic heterocycles. The molecule has 0 saturated heterocycles. The Morgan fingerprint density at radius 2 is 1.64 bits per heavy atom. The van der Waals surface area contributed by atoms with Crippen LogP contribution in [0.3, 0.4) is 0 Å². The number of ether oxygens (including phenoxy) is 1. The summed E-state index contributed by atoms with van der Waals surface area (Å²) in [4.78, 5) is 4.29. The summed E-state index contributed by atoms with van der Waals surface area (Å²) in [5.41, 5.74) is 3.02. The van der Waals surface area contributed by atoms with Crippen LogP contribution in [0, 0.1) is 5.82 Å². The molecule has 0 aliphatic carbocycles. The largest absolute Gasteiger partial charge is 1.00 e. The lowest BCUT2D eigenvalue weighted by atomic mass is 10.2. The summed E-state index contributed by atoms with van der Waals surface area (Å²) >= 11 is 0. The number of aromatic nitrogens is 1. The van der Waals surface area contributed by atoms with Gasteiger partial charge in [0.2, 0.25) is 0 Å². The molecule has 0 radical (unpaired) electrons. The number of para-hydroxylation sites is 1. The van der Waals surface area contributed by atoms with E-state index in [-0.39, 0.29) is 18.2 Å². The Morgan fingerprint density at radius 3 is 2.40 bits per heavy atom. The highest BCUT2D eigenvalue weighted by Gasteiger charge is 2.04. The van der Waals surface area contributed by atoms with Gasteiger partial charge in [-0.2, -0.15) is 0 Å². The number of benzene rings is 2. The van der Waals surface area contributed by atoms with E-state index in [1.165, 1.54) is 12.1 Å².